The number of hydrogen-bond acceptors (Lipinski definition) is 1. The van der Waals surface area contributed by atoms with Crippen molar-refractivity contribution in [1.29, 1.82) is 0 Å². The fourth-order valence-corrected chi connectivity index (χ4v) is 3.56. The molecular formula is C22H14O. The van der Waals surface area contributed by atoms with E-state index in [2.05, 4.69) is 73.3 Å². The van der Waals surface area contributed by atoms with E-state index in [0.717, 1.165) is 22.1 Å². The van der Waals surface area contributed by atoms with Gasteiger partial charge in [0.1, 0.15) is 11.2 Å². The van der Waals surface area contributed by atoms with Crippen LogP contribution in [0.1, 0.15) is 5.56 Å². The summed E-state index contributed by atoms with van der Waals surface area (Å²) in [4.78, 5) is 0. The molecule has 1 heterocycles. The third-order valence-corrected chi connectivity index (χ3v) is 4.62. The van der Waals surface area contributed by atoms with Crippen LogP contribution in [0.25, 0.3) is 49.6 Å². The second kappa shape index (κ2) is 4.47. The van der Waals surface area contributed by atoms with Gasteiger partial charge in [-0.2, -0.15) is 0 Å². The summed E-state index contributed by atoms with van der Waals surface area (Å²) in [5.74, 6) is 0. The van der Waals surface area contributed by atoms with Crippen LogP contribution in [0.4, 0.5) is 0 Å². The quantitative estimate of drug-likeness (QED) is 0.342. The normalized spacial score (nSPS) is 11.7. The Hall–Kier alpha value is -3.06. The Kier molecular flexibility index (Phi) is 2.42. The van der Waals surface area contributed by atoms with Gasteiger partial charge in [-0.25, -0.2) is 0 Å². The van der Waals surface area contributed by atoms with Gasteiger partial charge in [-0.3, -0.25) is 0 Å². The molecule has 0 radical (unpaired) electrons. The maximum Gasteiger partial charge on any atom is 0.143 e. The SMILES string of the molecule is C=Cc1cc2oc3c4ccccc4ccc3c2c2ccccc12. The first-order chi connectivity index (χ1) is 11.4. The molecule has 108 valence electrons. The van der Waals surface area contributed by atoms with Crippen molar-refractivity contribution in [3.8, 4) is 0 Å². The van der Waals surface area contributed by atoms with E-state index in [1.807, 2.05) is 6.08 Å². The summed E-state index contributed by atoms with van der Waals surface area (Å²) in [5.41, 5.74) is 2.99. The Morgan fingerprint density at radius 3 is 2.30 bits per heavy atom. The zero-order chi connectivity index (χ0) is 15.4. The van der Waals surface area contributed by atoms with Crippen LogP contribution in [0.15, 0.2) is 77.7 Å². The lowest BCUT2D eigenvalue weighted by atomic mass is 9.98. The maximum atomic E-state index is 6.27. The van der Waals surface area contributed by atoms with Gasteiger partial charge < -0.3 is 4.42 Å². The standard InChI is InChI=1S/C22H14O/c1-2-14-13-20-21(18-10-6-5-8-16(14)18)19-12-11-15-7-3-4-9-17(15)22(19)23-20/h2-13H,1H2. The van der Waals surface area contributed by atoms with Gasteiger partial charge in [0.25, 0.3) is 0 Å². The van der Waals surface area contributed by atoms with Crippen LogP contribution in [0.2, 0.25) is 0 Å². The van der Waals surface area contributed by atoms with Gasteiger partial charge in [-0.05, 0) is 33.9 Å². The third-order valence-electron chi connectivity index (χ3n) is 4.62. The maximum absolute atomic E-state index is 6.27. The Morgan fingerprint density at radius 1 is 0.739 bits per heavy atom. The molecule has 0 aliphatic carbocycles. The minimum Gasteiger partial charge on any atom is -0.455 e. The lowest BCUT2D eigenvalue weighted by Gasteiger charge is -2.03. The highest BCUT2D eigenvalue weighted by atomic mass is 16.3. The van der Waals surface area contributed by atoms with Crippen molar-refractivity contribution in [2.45, 2.75) is 0 Å². The minimum atomic E-state index is 0.921. The molecule has 23 heavy (non-hydrogen) atoms. The van der Waals surface area contributed by atoms with Crippen LogP contribution >= 0.6 is 0 Å². The second-order valence-electron chi connectivity index (χ2n) is 5.85. The highest BCUT2D eigenvalue weighted by molar-refractivity contribution is 6.24. The van der Waals surface area contributed by atoms with E-state index >= 15 is 0 Å². The molecular weight excluding hydrogens is 280 g/mol. The molecule has 0 aliphatic heterocycles. The molecule has 0 atom stereocenters. The van der Waals surface area contributed by atoms with Crippen molar-refractivity contribution in [2.24, 2.45) is 0 Å². The second-order valence-corrected chi connectivity index (χ2v) is 5.85. The molecule has 0 saturated heterocycles. The van der Waals surface area contributed by atoms with Gasteiger partial charge >= 0.3 is 0 Å². The van der Waals surface area contributed by atoms with Crippen molar-refractivity contribution in [3.63, 3.8) is 0 Å². The van der Waals surface area contributed by atoms with Crippen molar-refractivity contribution >= 4 is 49.6 Å². The number of rotatable bonds is 1. The van der Waals surface area contributed by atoms with Gasteiger partial charge in [0.2, 0.25) is 0 Å². The number of benzene rings is 4. The molecule has 5 aromatic rings. The highest BCUT2D eigenvalue weighted by Gasteiger charge is 2.14. The summed E-state index contributed by atoms with van der Waals surface area (Å²) in [6, 6.07) is 23.2. The molecule has 0 N–H and O–H groups in total. The summed E-state index contributed by atoms with van der Waals surface area (Å²) in [6.07, 6.45) is 1.90. The van der Waals surface area contributed by atoms with Gasteiger partial charge in [0, 0.05) is 16.2 Å². The van der Waals surface area contributed by atoms with E-state index in [-0.39, 0.29) is 0 Å². The van der Waals surface area contributed by atoms with Gasteiger partial charge in [0.15, 0.2) is 0 Å². The first kappa shape index (κ1) is 12.5. The Labute approximate surface area is 133 Å². The van der Waals surface area contributed by atoms with Crippen LogP contribution in [-0.2, 0) is 0 Å². The van der Waals surface area contributed by atoms with E-state index in [0.29, 0.717) is 0 Å². The first-order valence-corrected chi connectivity index (χ1v) is 7.75. The molecule has 0 aliphatic rings. The van der Waals surface area contributed by atoms with E-state index in [1.54, 1.807) is 0 Å². The summed E-state index contributed by atoms with van der Waals surface area (Å²) in [5, 5.41) is 7.15. The van der Waals surface area contributed by atoms with Crippen LogP contribution < -0.4 is 0 Å². The number of fused-ring (bicyclic) bond motifs is 7. The van der Waals surface area contributed by atoms with Crippen molar-refractivity contribution in [1.82, 2.24) is 0 Å². The van der Waals surface area contributed by atoms with Crippen LogP contribution in [0, 0.1) is 0 Å². The molecule has 0 unspecified atom stereocenters. The largest absolute Gasteiger partial charge is 0.455 e. The summed E-state index contributed by atoms with van der Waals surface area (Å²) < 4.78 is 6.27. The molecule has 4 aromatic carbocycles. The third kappa shape index (κ3) is 1.62. The van der Waals surface area contributed by atoms with Crippen molar-refractivity contribution in [3.05, 3.63) is 78.9 Å². The average molecular weight is 294 g/mol. The summed E-state index contributed by atoms with van der Waals surface area (Å²) in [6.45, 7) is 3.95. The fraction of sp³-hybridized carbons (Fsp3) is 0. The van der Waals surface area contributed by atoms with Crippen LogP contribution in [-0.4, -0.2) is 0 Å². The molecule has 0 saturated carbocycles. The zero-order valence-electron chi connectivity index (χ0n) is 12.5. The van der Waals surface area contributed by atoms with Gasteiger partial charge in [0.05, 0.1) is 0 Å². The average Bonchev–Trinajstić information content (AvgIpc) is 3.00. The lowest BCUT2D eigenvalue weighted by Crippen LogP contribution is -1.79. The smallest absolute Gasteiger partial charge is 0.143 e. The minimum absolute atomic E-state index is 0.921. The van der Waals surface area contributed by atoms with Crippen molar-refractivity contribution < 1.29 is 4.42 Å². The number of furan rings is 1. The van der Waals surface area contributed by atoms with E-state index in [1.165, 1.54) is 26.9 Å². The van der Waals surface area contributed by atoms with Crippen LogP contribution in [0.5, 0.6) is 0 Å². The van der Waals surface area contributed by atoms with Crippen molar-refractivity contribution in [2.75, 3.05) is 0 Å². The first-order valence-electron chi connectivity index (χ1n) is 7.75. The van der Waals surface area contributed by atoms with Gasteiger partial charge in [-0.1, -0.05) is 67.3 Å². The van der Waals surface area contributed by atoms with Gasteiger partial charge in [-0.15, -0.1) is 0 Å². The molecule has 0 amide bonds. The molecule has 0 spiro atoms. The zero-order valence-corrected chi connectivity index (χ0v) is 12.5. The van der Waals surface area contributed by atoms with E-state index < -0.39 is 0 Å². The summed E-state index contributed by atoms with van der Waals surface area (Å²) >= 11 is 0. The molecule has 1 heteroatoms. The summed E-state index contributed by atoms with van der Waals surface area (Å²) in [7, 11) is 0. The Bertz CT molecular complexity index is 1220. The van der Waals surface area contributed by atoms with E-state index in [9.17, 15) is 0 Å². The molecule has 0 bridgehead atoms. The molecule has 1 nitrogen and oxygen atoms in total. The highest BCUT2D eigenvalue weighted by Crippen LogP contribution is 2.39. The Morgan fingerprint density at radius 2 is 1.48 bits per heavy atom. The molecule has 1 aromatic heterocycles. The monoisotopic (exact) mass is 294 g/mol. The van der Waals surface area contributed by atoms with Crippen LogP contribution in [0.3, 0.4) is 0 Å². The lowest BCUT2D eigenvalue weighted by molar-refractivity contribution is 0.673. The number of hydrogen-bond donors (Lipinski definition) is 0. The predicted octanol–water partition coefficient (Wildman–Crippen LogP) is 6.54. The molecule has 5 rings (SSSR count). The predicted molar refractivity (Wildman–Crippen MR) is 98.8 cm³/mol. The van der Waals surface area contributed by atoms with E-state index in [4.69, 9.17) is 4.42 Å². The molecule has 0 fully saturated rings. The Balaban J connectivity index is 2.11. The topological polar surface area (TPSA) is 13.1 Å². The fourth-order valence-electron chi connectivity index (χ4n) is 3.56.